The van der Waals surface area contributed by atoms with Crippen molar-refractivity contribution >= 4 is 29.1 Å². The second-order valence-corrected chi connectivity index (χ2v) is 9.21. The van der Waals surface area contributed by atoms with E-state index in [0.29, 0.717) is 12.0 Å². The monoisotopic (exact) mass is 440 g/mol. The van der Waals surface area contributed by atoms with Gasteiger partial charge in [-0.15, -0.1) is 24.9 Å². The molecule has 2 atom stereocenters. The van der Waals surface area contributed by atoms with Crippen LogP contribution in [0.1, 0.15) is 24.3 Å². The van der Waals surface area contributed by atoms with Crippen LogP contribution in [0.3, 0.4) is 0 Å². The van der Waals surface area contributed by atoms with E-state index in [2.05, 4.69) is 27.1 Å². The molecule has 2 aromatic carbocycles. The van der Waals surface area contributed by atoms with Gasteiger partial charge in [-0.1, -0.05) is 11.6 Å². The molecule has 8 heteroatoms. The molecule has 3 aliphatic rings. The number of thioether (sulfide) groups is 1. The second-order valence-electron chi connectivity index (χ2n) is 7.66. The van der Waals surface area contributed by atoms with Gasteiger partial charge in [0.1, 0.15) is 5.75 Å². The van der Waals surface area contributed by atoms with Crippen molar-refractivity contribution in [2.75, 3.05) is 30.3 Å². The first-order valence-electron chi connectivity index (χ1n) is 9.74. The highest BCUT2D eigenvalue weighted by Gasteiger charge is 2.42. The third kappa shape index (κ3) is 3.57. The van der Waals surface area contributed by atoms with Gasteiger partial charge in [-0.05, 0) is 66.6 Å². The number of piperidine rings is 1. The zero-order valence-electron chi connectivity index (χ0n) is 15.6. The highest BCUT2D eigenvalue weighted by Crippen LogP contribution is 2.51. The van der Waals surface area contributed by atoms with Gasteiger partial charge in [0.05, 0.1) is 10.7 Å². The maximum absolute atomic E-state index is 12.5. The quantitative estimate of drug-likeness (QED) is 0.650. The molecule has 1 saturated heterocycles. The summed E-state index contributed by atoms with van der Waals surface area (Å²) in [4.78, 5) is 3.83. The van der Waals surface area contributed by atoms with Crippen molar-refractivity contribution in [1.82, 2.24) is 5.32 Å². The van der Waals surface area contributed by atoms with Gasteiger partial charge in [0.25, 0.3) is 0 Å². The fourth-order valence-corrected chi connectivity index (χ4v) is 6.16. The lowest BCUT2D eigenvalue weighted by Crippen LogP contribution is -2.44. The molecule has 0 bridgehead atoms. The van der Waals surface area contributed by atoms with Gasteiger partial charge in [0, 0.05) is 35.5 Å². The average molecular weight is 441 g/mol. The van der Waals surface area contributed by atoms with Crippen LogP contribution in [0.5, 0.6) is 5.75 Å². The predicted molar refractivity (Wildman–Crippen MR) is 110 cm³/mol. The molecule has 29 heavy (non-hydrogen) atoms. The average Bonchev–Trinajstić information content (AvgIpc) is 2.82. The minimum atomic E-state index is -4.73. The van der Waals surface area contributed by atoms with Crippen LogP contribution in [0.2, 0.25) is 5.02 Å². The van der Waals surface area contributed by atoms with Crippen molar-refractivity contribution in [2.24, 2.45) is 0 Å². The van der Waals surface area contributed by atoms with Crippen LogP contribution in [0.4, 0.5) is 18.9 Å². The van der Waals surface area contributed by atoms with Crippen LogP contribution in [-0.4, -0.2) is 37.8 Å². The maximum Gasteiger partial charge on any atom is 0.573 e. The van der Waals surface area contributed by atoms with Crippen LogP contribution in [-0.2, 0) is 0 Å². The summed E-state index contributed by atoms with van der Waals surface area (Å²) in [5.74, 6) is 1.19. The van der Waals surface area contributed by atoms with Crippen LogP contribution in [0.25, 0.3) is 11.1 Å². The first-order valence-corrected chi connectivity index (χ1v) is 11.1. The van der Waals surface area contributed by atoms with Crippen molar-refractivity contribution in [3.63, 3.8) is 0 Å². The van der Waals surface area contributed by atoms with E-state index in [-0.39, 0.29) is 10.8 Å². The van der Waals surface area contributed by atoms with Crippen molar-refractivity contribution in [1.29, 1.82) is 0 Å². The summed E-state index contributed by atoms with van der Waals surface area (Å²) in [7, 11) is 0. The van der Waals surface area contributed by atoms with E-state index in [1.165, 1.54) is 28.3 Å². The number of nitrogens with one attached hydrogen (secondary N) is 1. The Labute approximate surface area is 176 Å². The number of fused-ring (bicyclic) bond motifs is 3. The lowest BCUT2D eigenvalue weighted by molar-refractivity contribution is -0.274. The number of rotatable bonds is 2. The van der Waals surface area contributed by atoms with Gasteiger partial charge in [0.2, 0.25) is 0 Å². The topological polar surface area (TPSA) is 24.5 Å². The van der Waals surface area contributed by atoms with Gasteiger partial charge in [-0.25, -0.2) is 0 Å². The smallest absolute Gasteiger partial charge is 0.406 e. The lowest BCUT2D eigenvalue weighted by Gasteiger charge is -2.33. The number of benzene rings is 2. The number of alkyl halides is 3. The third-order valence-electron chi connectivity index (χ3n) is 5.92. The van der Waals surface area contributed by atoms with Crippen molar-refractivity contribution in [2.45, 2.75) is 36.1 Å². The number of ether oxygens (including phenoxy) is 1. The van der Waals surface area contributed by atoms with Crippen LogP contribution >= 0.6 is 23.4 Å². The van der Waals surface area contributed by atoms with E-state index in [0.717, 1.165) is 49.4 Å². The highest BCUT2D eigenvalue weighted by molar-refractivity contribution is 7.99. The molecule has 3 heterocycles. The molecule has 1 fully saturated rings. The molecule has 2 aromatic rings. The standard InChI is InChI=1S/C21H20ClF3N2OS/c22-17-10-13(28-21(23,24)25)2-3-14(17)12-8-15-16-11-26-5-4-18(16)27-6-1-7-29-19(9-12)20(15)27/h2-3,8-10,16,18,26H,1,4-7,11H2/t16-,18-/m1/s1. The Morgan fingerprint density at radius 3 is 2.86 bits per heavy atom. The summed E-state index contributed by atoms with van der Waals surface area (Å²) < 4.78 is 41.5. The molecule has 0 spiro atoms. The van der Waals surface area contributed by atoms with Crippen LogP contribution < -0.4 is 15.0 Å². The summed E-state index contributed by atoms with van der Waals surface area (Å²) in [5, 5.41) is 3.77. The predicted octanol–water partition coefficient (Wildman–Crippen LogP) is 5.67. The van der Waals surface area contributed by atoms with E-state index in [9.17, 15) is 13.2 Å². The summed E-state index contributed by atoms with van der Waals surface area (Å²) in [6.45, 7) is 3.07. The van der Waals surface area contributed by atoms with Gasteiger partial charge in [-0.3, -0.25) is 0 Å². The summed E-state index contributed by atoms with van der Waals surface area (Å²) >= 11 is 8.23. The van der Waals surface area contributed by atoms with E-state index < -0.39 is 6.36 Å². The Balaban J connectivity index is 1.57. The Bertz CT molecular complexity index is 952. The van der Waals surface area contributed by atoms with Crippen LogP contribution in [0.15, 0.2) is 35.2 Å². The van der Waals surface area contributed by atoms with Crippen molar-refractivity contribution < 1.29 is 17.9 Å². The van der Waals surface area contributed by atoms with Gasteiger partial charge in [0.15, 0.2) is 0 Å². The number of halogens is 4. The number of anilines is 1. The van der Waals surface area contributed by atoms with Crippen molar-refractivity contribution in [3.05, 3.63) is 40.9 Å². The molecule has 0 radical (unpaired) electrons. The molecule has 154 valence electrons. The van der Waals surface area contributed by atoms with E-state index >= 15 is 0 Å². The molecule has 3 aliphatic heterocycles. The SMILES string of the molecule is FC(F)(F)Oc1ccc(-c2cc3c4c(c2)[C@H]2CNCC[C@H]2N4CCCS3)c(Cl)c1. The zero-order valence-corrected chi connectivity index (χ0v) is 17.1. The normalized spacial score (nSPS) is 23.4. The highest BCUT2D eigenvalue weighted by atomic mass is 35.5. The molecular formula is C21H20ClF3N2OS. The zero-order chi connectivity index (χ0) is 20.2. The van der Waals surface area contributed by atoms with Crippen molar-refractivity contribution in [3.8, 4) is 16.9 Å². The Morgan fingerprint density at radius 2 is 2.07 bits per heavy atom. The molecule has 0 aromatic heterocycles. The molecule has 5 rings (SSSR count). The maximum atomic E-state index is 12.5. The number of hydrogen-bond donors (Lipinski definition) is 1. The van der Waals surface area contributed by atoms with E-state index in [4.69, 9.17) is 11.6 Å². The van der Waals surface area contributed by atoms with E-state index in [1.807, 2.05) is 11.8 Å². The summed E-state index contributed by atoms with van der Waals surface area (Å²) in [5.41, 5.74) is 4.35. The largest absolute Gasteiger partial charge is 0.573 e. The second kappa shape index (κ2) is 7.29. The molecule has 0 unspecified atom stereocenters. The third-order valence-corrected chi connectivity index (χ3v) is 7.35. The van der Waals surface area contributed by atoms with Gasteiger partial charge >= 0.3 is 6.36 Å². The lowest BCUT2D eigenvalue weighted by atomic mass is 9.88. The molecule has 3 nitrogen and oxygen atoms in total. The fraction of sp³-hybridized carbons (Fsp3) is 0.429. The Hall–Kier alpha value is -1.57. The summed E-state index contributed by atoms with van der Waals surface area (Å²) in [6.07, 6.45) is -2.46. The molecule has 1 N–H and O–H groups in total. The Kier molecular flexibility index (Phi) is 4.87. The molecule has 0 amide bonds. The minimum absolute atomic E-state index is 0.255. The first kappa shape index (κ1) is 19.4. The molecule has 0 saturated carbocycles. The van der Waals surface area contributed by atoms with Gasteiger partial charge in [-0.2, -0.15) is 0 Å². The molecule has 0 aliphatic carbocycles. The Morgan fingerprint density at radius 1 is 1.21 bits per heavy atom. The van der Waals surface area contributed by atoms with E-state index in [1.54, 1.807) is 6.07 Å². The van der Waals surface area contributed by atoms with Gasteiger partial charge < -0.3 is 15.0 Å². The first-order chi connectivity index (χ1) is 13.9. The van der Waals surface area contributed by atoms with Crippen LogP contribution in [0, 0.1) is 0 Å². The number of hydrogen-bond acceptors (Lipinski definition) is 4. The molecular weight excluding hydrogens is 421 g/mol. The fourth-order valence-electron chi connectivity index (χ4n) is 4.81. The summed E-state index contributed by atoms with van der Waals surface area (Å²) in [6, 6.07) is 9.02. The number of nitrogens with zero attached hydrogens (tertiary/aromatic N) is 1. The minimum Gasteiger partial charge on any atom is -0.406 e.